The minimum atomic E-state index is 0.109. The molecule has 4 nitrogen and oxygen atoms in total. The molecule has 0 amide bonds. The molecule has 0 saturated carbocycles. The van der Waals surface area contributed by atoms with E-state index in [1.54, 1.807) is 0 Å². The second-order valence-electron chi connectivity index (χ2n) is 5.03. The standard InChI is InChI=1S/C16H23N3O/c1-3-9-20-10-8-16(19-17)14-6-7-15-13(11-14)5-4-12(2)18-15/h4-7,11,16,19H,3,8-10,17H2,1-2H3. The summed E-state index contributed by atoms with van der Waals surface area (Å²) in [5.41, 5.74) is 6.10. The molecule has 4 heteroatoms. The summed E-state index contributed by atoms with van der Waals surface area (Å²) in [4.78, 5) is 4.51. The Labute approximate surface area is 120 Å². The second kappa shape index (κ2) is 7.33. The Bertz CT molecular complexity index is 556. The van der Waals surface area contributed by atoms with Crippen molar-refractivity contribution in [3.63, 3.8) is 0 Å². The summed E-state index contributed by atoms with van der Waals surface area (Å²) in [6, 6.07) is 10.5. The van der Waals surface area contributed by atoms with Gasteiger partial charge in [-0.2, -0.15) is 0 Å². The quantitative estimate of drug-likeness (QED) is 0.462. The maximum Gasteiger partial charge on any atom is 0.0705 e. The lowest BCUT2D eigenvalue weighted by molar-refractivity contribution is 0.124. The van der Waals surface area contributed by atoms with Crippen LogP contribution in [0, 0.1) is 6.92 Å². The molecule has 2 aromatic rings. The van der Waals surface area contributed by atoms with Gasteiger partial charge >= 0.3 is 0 Å². The summed E-state index contributed by atoms with van der Waals surface area (Å²) >= 11 is 0. The van der Waals surface area contributed by atoms with Crippen molar-refractivity contribution in [2.45, 2.75) is 32.7 Å². The molecular weight excluding hydrogens is 250 g/mol. The first-order chi connectivity index (χ1) is 9.74. The molecule has 1 unspecified atom stereocenters. The maximum absolute atomic E-state index is 5.67. The second-order valence-corrected chi connectivity index (χ2v) is 5.03. The van der Waals surface area contributed by atoms with Gasteiger partial charge in [-0.15, -0.1) is 0 Å². The minimum Gasteiger partial charge on any atom is -0.381 e. The van der Waals surface area contributed by atoms with E-state index in [1.807, 2.05) is 13.0 Å². The number of nitrogens with one attached hydrogen (secondary N) is 1. The lowest BCUT2D eigenvalue weighted by Crippen LogP contribution is -2.29. The Balaban J connectivity index is 2.11. The molecule has 3 N–H and O–H groups in total. The first kappa shape index (κ1) is 14.9. The topological polar surface area (TPSA) is 60.2 Å². The number of ether oxygens (including phenoxy) is 1. The summed E-state index contributed by atoms with van der Waals surface area (Å²) in [5, 5.41) is 1.14. The number of pyridine rings is 1. The van der Waals surface area contributed by atoms with Crippen molar-refractivity contribution in [1.82, 2.24) is 10.4 Å². The molecule has 0 fully saturated rings. The van der Waals surface area contributed by atoms with Crippen molar-refractivity contribution in [2.75, 3.05) is 13.2 Å². The van der Waals surface area contributed by atoms with E-state index in [1.165, 1.54) is 5.56 Å². The molecule has 0 saturated heterocycles. The van der Waals surface area contributed by atoms with Crippen LogP contribution in [0.4, 0.5) is 0 Å². The van der Waals surface area contributed by atoms with E-state index in [9.17, 15) is 0 Å². The first-order valence-electron chi connectivity index (χ1n) is 7.15. The third kappa shape index (κ3) is 3.76. The van der Waals surface area contributed by atoms with E-state index < -0.39 is 0 Å². The molecule has 1 aromatic carbocycles. The normalized spacial score (nSPS) is 12.8. The van der Waals surface area contributed by atoms with Crippen LogP contribution >= 0.6 is 0 Å². The molecule has 1 aromatic heterocycles. The molecule has 108 valence electrons. The van der Waals surface area contributed by atoms with Gasteiger partial charge in [-0.05, 0) is 43.5 Å². The van der Waals surface area contributed by atoms with Gasteiger partial charge in [0, 0.05) is 30.3 Å². The largest absolute Gasteiger partial charge is 0.381 e. The van der Waals surface area contributed by atoms with Gasteiger partial charge in [-0.1, -0.05) is 19.1 Å². The average Bonchev–Trinajstić information content (AvgIpc) is 2.47. The molecule has 0 spiro atoms. The Morgan fingerprint density at radius 3 is 2.85 bits per heavy atom. The summed E-state index contributed by atoms with van der Waals surface area (Å²) in [6.07, 6.45) is 1.91. The fraction of sp³-hybridized carbons (Fsp3) is 0.438. The maximum atomic E-state index is 5.67. The predicted octanol–water partition coefficient (Wildman–Crippen LogP) is 2.86. The summed E-state index contributed by atoms with van der Waals surface area (Å²) < 4.78 is 5.53. The van der Waals surface area contributed by atoms with Gasteiger partial charge in [0.05, 0.1) is 5.52 Å². The monoisotopic (exact) mass is 273 g/mol. The number of nitrogens with zero attached hydrogens (tertiary/aromatic N) is 1. The van der Waals surface area contributed by atoms with Crippen molar-refractivity contribution in [3.05, 3.63) is 41.6 Å². The molecule has 1 heterocycles. The summed E-state index contributed by atoms with van der Waals surface area (Å²) in [7, 11) is 0. The van der Waals surface area contributed by atoms with Crippen molar-refractivity contribution < 1.29 is 4.74 Å². The van der Waals surface area contributed by atoms with Gasteiger partial charge < -0.3 is 4.74 Å². The Kier molecular flexibility index (Phi) is 5.47. The zero-order valence-corrected chi connectivity index (χ0v) is 12.2. The zero-order valence-electron chi connectivity index (χ0n) is 12.2. The molecule has 0 aliphatic carbocycles. The van der Waals surface area contributed by atoms with Gasteiger partial charge in [0.25, 0.3) is 0 Å². The van der Waals surface area contributed by atoms with Crippen LogP contribution in [0.3, 0.4) is 0 Å². The number of aryl methyl sites for hydroxylation is 1. The van der Waals surface area contributed by atoms with Crippen LogP contribution in [0.15, 0.2) is 30.3 Å². The highest BCUT2D eigenvalue weighted by molar-refractivity contribution is 5.79. The van der Waals surface area contributed by atoms with Gasteiger partial charge in [0.15, 0.2) is 0 Å². The van der Waals surface area contributed by atoms with Crippen molar-refractivity contribution in [3.8, 4) is 0 Å². The van der Waals surface area contributed by atoms with Gasteiger partial charge in [0.1, 0.15) is 0 Å². The lowest BCUT2D eigenvalue weighted by atomic mass is 10.0. The number of fused-ring (bicyclic) bond motifs is 1. The van der Waals surface area contributed by atoms with E-state index in [0.717, 1.165) is 36.0 Å². The Morgan fingerprint density at radius 2 is 2.10 bits per heavy atom. The van der Waals surface area contributed by atoms with Crippen LogP contribution in [0.5, 0.6) is 0 Å². The molecule has 0 aliphatic rings. The van der Waals surface area contributed by atoms with Gasteiger partial charge in [-0.25, -0.2) is 0 Å². The van der Waals surface area contributed by atoms with Crippen LogP contribution in [0.2, 0.25) is 0 Å². The van der Waals surface area contributed by atoms with Crippen LogP contribution in [-0.4, -0.2) is 18.2 Å². The number of hydrogen-bond donors (Lipinski definition) is 2. The predicted molar refractivity (Wildman–Crippen MR) is 82.3 cm³/mol. The Morgan fingerprint density at radius 1 is 1.25 bits per heavy atom. The zero-order chi connectivity index (χ0) is 14.4. The van der Waals surface area contributed by atoms with Crippen molar-refractivity contribution in [1.29, 1.82) is 0 Å². The van der Waals surface area contributed by atoms with E-state index in [-0.39, 0.29) is 6.04 Å². The fourth-order valence-corrected chi connectivity index (χ4v) is 2.26. The molecule has 0 bridgehead atoms. The number of aromatic nitrogens is 1. The van der Waals surface area contributed by atoms with Crippen LogP contribution in [0.1, 0.15) is 37.1 Å². The molecule has 20 heavy (non-hydrogen) atoms. The van der Waals surface area contributed by atoms with Crippen LogP contribution in [0.25, 0.3) is 10.9 Å². The first-order valence-corrected chi connectivity index (χ1v) is 7.15. The molecule has 2 rings (SSSR count). The van der Waals surface area contributed by atoms with Crippen LogP contribution in [-0.2, 0) is 4.74 Å². The van der Waals surface area contributed by atoms with E-state index in [4.69, 9.17) is 10.6 Å². The van der Waals surface area contributed by atoms with Gasteiger partial charge in [-0.3, -0.25) is 16.3 Å². The summed E-state index contributed by atoms with van der Waals surface area (Å²) in [5.74, 6) is 5.67. The van der Waals surface area contributed by atoms with E-state index >= 15 is 0 Å². The van der Waals surface area contributed by atoms with Crippen LogP contribution < -0.4 is 11.3 Å². The van der Waals surface area contributed by atoms with E-state index in [2.05, 4.69) is 41.6 Å². The molecule has 0 radical (unpaired) electrons. The minimum absolute atomic E-state index is 0.109. The number of rotatable bonds is 7. The number of nitrogens with two attached hydrogens (primary N) is 1. The Hall–Kier alpha value is -1.49. The number of benzene rings is 1. The third-order valence-corrected chi connectivity index (χ3v) is 3.36. The molecular formula is C16H23N3O. The van der Waals surface area contributed by atoms with Gasteiger partial charge in [0.2, 0.25) is 0 Å². The lowest BCUT2D eigenvalue weighted by Gasteiger charge is -2.17. The fourth-order valence-electron chi connectivity index (χ4n) is 2.26. The highest BCUT2D eigenvalue weighted by atomic mass is 16.5. The summed E-state index contributed by atoms with van der Waals surface area (Å²) in [6.45, 7) is 5.63. The highest BCUT2D eigenvalue weighted by Crippen LogP contribution is 2.21. The van der Waals surface area contributed by atoms with Crippen molar-refractivity contribution >= 4 is 10.9 Å². The molecule has 0 aliphatic heterocycles. The SMILES string of the molecule is CCCOCCC(NN)c1ccc2nc(C)ccc2c1. The molecule has 1 atom stereocenters. The number of hydrogen-bond acceptors (Lipinski definition) is 4. The van der Waals surface area contributed by atoms with Crippen molar-refractivity contribution in [2.24, 2.45) is 5.84 Å². The average molecular weight is 273 g/mol. The smallest absolute Gasteiger partial charge is 0.0705 e. The van der Waals surface area contributed by atoms with E-state index in [0.29, 0.717) is 6.61 Å². The highest BCUT2D eigenvalue weighted by Gasteiger charge is 2.10. The third-order valence-electron chi connectivity index (χ3n) is 3.36. The number of hydrazine groups is 1.